The Morgan fingerprint density at radius 2 is 2.00 bits per heavy atom. The van der Waals surface area contributed by atoms with E-state index in [0.717, 1.165) is 44.2 Å². The number of aliphatic imine (C=N–C) groups is 1. The summed E-state index contributed by atoms with van der Waals surface area (Å²) in [5, 5.41) is 6.50. The lowest BCUT2D eigenvalue weighted by atomic mass is 10.1. The highest BCUT2D eigenvalue weighted by Gasteiger charge is 2.05. The molecule has 0 aliphatic carbocycles. The zero-order valence-electron chi connectivity index (χ0n) is 15.8. The summed E-state index contributed by atoms with van der Waals surface area (Å²) in [7, 11) is 3.86. The molecule has 0 amide bonds. The van der Waals surface area contributed by atoms with Gasteiger partial charge in [0.05, 0.1) is 6.54 Å². The van der Waals surface area contributed by atoms with Crippen LogP contribution in [0, 0.1) is 5.82 Å². The number of hydrogen-bond acceptors (Lipinski definition) is 3. The van der Waals surface area contributed by atoms with E-state index >= 15 is 0 Å². The van der Waals surface area contributed by atoms with Crippen molar-refractivity contribution in [2.75, 3.05) is 40.4 Å². The molecule has 0 unspecified atom stereocenters. The standard InChI is InChI=1S/C18H31FN4O.HI/c1-5-20-18(21-10-7-11-24-6-2)22-13-15-8-9-17(19)16(12-15)14-23(3)4;/h8-9,12H,5-7,10-11,13-14H2,1-4H3,(H2,20,21,22);1H. The second-order valence-electron chi connectivity index (χ2n) is 5.84. The minimum absolute atomic E-state index is 0. The van der Waals surface area contributed by atoms with Crippen LogP contribution in [0.4, 0.5) is 4.39 Å². The molecule has 0 aromatic heterocycles. The van der Waals surface area contributed by atoms with E-state index in [9.17, 15) is 4.39 Å². The molecule has 0 heterocycles. The van der Waals surface area contributed by atoms with Gasteiger partial charge in [-0.3, -0.25) is 0 Å². The van der Waals surface area contributed by atoms with Crippen molar-refractivity contribution in [3.63, 3.8) is 0 Å². The Hall–Kier alpha value is -0.930. The van der Waals surface area contributed by atoms with Gasteiger partial charge in [-0.2, -0.15) is 0 Å². The molecule has 7 heteroatoms. The van der Waals surface area contributed by atoms with Crippen LogP contribution in [-0.4, -0.2) is 51.3 Å². The van der Waals surface area contributed by atoms with Crippen molar-refractivity contribution in [1.82, 2.24) is 15.5 Å². The van der Waals surface area contributed by atoms with E-state index < -0.39 is 0 Å². The first kappa shape index (κ1) is 24.1. The Morgan fingerprint density at radius 1 is 1.24 bits per heavy atom. The second kappa shape index (κ2) is 14.3. The van der Waals surface area contributed by atoms with E-state index in [0.29, 0.717) is 18.7 Å². The Kier molecular flexibility index (Phi) is 13.7. The summed E-state index contributed by atoms with van der Waals surface area (Å²) >= 11 is 0. The van der Waals surface area contributed by atoms with Gasteiger partial charge in [0, 0.05) is 38.4 Å². The first-order valence-electron chi connectivity index (χ1n) is 8.58. The van der Waals surface area contributed by atoms with E-state index in [4.69, 9.17) is 4.74 Å². The molecular weight excluding hydrogens is 434 g/mol. The van der Waals surface area contributed by atoms with Gasteiger partial charge in [-0.15, -0.1) is 24.0 Å². The highest BCUT2D eigenvalue weighted by atomic mass is 127. The average Bonchev–Trinajstić information content (AvgIpc) is 2.54. The molecule has 1 rings (SSSR count). The summed E-state index contributed by atoms with van der Waals surface area (Å²) in [6.45, 7) is 8.22. The minimum Gasteiger partial charge on any atom is -0.382 e. The number of rotatable bonds is 10. The number of benzene rings is 1. The van der Waals surface area contributed by atoms with Crippen molar-refractivity contribution in [2.45, 2.75) is 33.4 Å². The zero-order chi connectivity index (χ0) is 17.8. The number of ether oxygens (including phenoxy) is 1. The highest BCUT2D eigenvalue weighted by Crippen LogP contribution is 2.13. The molecule has 2 N–H and O–H groups in total. The summed E-state index contributed by atoms with van der Waals surface area (Å²) in [6, 6.07) is 5.19. The van der Waals surface area contributed by atoms with Gasteiger partial charge in [-0.05, 0) is 52.1 Å². The van der Waals surface area contributed by atoms with E-state index in [1.165, 1.54) is 6.07 Å². The van der Waals surface area contributed by atoms with E-state index in [-0.39, 0.29) is 29.8 Å². The molecule has 0 aliphatic rings. The summed E-state index contributed by atoms with van der Waals surface area (Å²) < 4.78 is 19.1. The summed E-state index contributed by atoms with van der Waals surface area (Å²) in [5.74, 6) is 0.602. The summed E-state index contributed by atoms with van der Waals surface area (Å²) in [5.41, 5.74) is 1.70. The van der Waals surface area contributed by atoms with Crippen LogP contribution in [0.25, 0.3) is 0 Å². The minimum atomic E-state index is -0.169. The number of guanidine groups is 1. The van der Waals surface area contributed by atoms with Crippen molar-refractivity contribution in [3.8, 4) is 0 Å². The average molecular weight is 466 g/mol. The van der Waals surface area contributed by atoms with Crippen molar-refractivity contribution >= 4 is 29.9 Å². The number of hydrogen-bond donors (Lipinski definition) is 2. The Labute approximate surface area is 168 Å². The van der Waals surface area contributed by atoms with Gasteiger partial charge in [-0.1, -0.05) is 6.07 Å². The van der Waals surface area contributed by atoms with Crippen molar-refractivity contribution in [1.29, 1.82) is 0 Å². The molecular formula is C18H32FIN4O. The molecule has 0 saturated carbocycles. The van der Waals surface area contributed by atoms with Crippen LogP contribution < -0.4 is 10.6 Å². The Bertz CT molecular complexity index is 512. The molecule has 0 aliphatic heterocycles. The fourth-order valence-corrected chi connectivity index (χ4v) is 2.23. The number of halogens is 2. The first-order chi connectivity index (χ1) is 11.6. The maximum atomic E-state index is 13.8. The van der Waals surface area contributed by atoms with Gasteiger partial charge in [0.15, 0.2) is 5.96 Å². The molecule has 25 heavy (non-hydrogen) atoms. The maximum Gasteiger partial charge on any atom is 0.191 e. The maximum absolute atomic E-state index is 13.8. The van der Waals surface area contributed by atoms with E-state index in [2.05, 4.69) is 15.6 Å². The zero-order valence-corrected chi connectivity index (χ0v) is 18.1. The fourth-order valence-electron chi connectivity index (χ4n) is 2.23. The first-order valence-corrected chi connectivity index (χ1v) is 8.58. The van der Waals surface area contributed by atoms with Gasteiger partial charge in [0.25, 0.3) is 0 Å². The van der Waals surface area contributed by atoms with E-state index in [1.807, 2.05) is 38.9 Å². The molecule has 144 valence electrons. The van der Waals surface area contributed by atoms with Crippen LogP contribution in [0.2, 0.25) is 0 Å². The normalized spacial score (nSPS) is 11.4. The van der Waals surface area contributed by atoms with Crippen LogP contribution in [0.1, 0.15) is 31.4 Å². The lowest BCUT2D eigenvalue weighted by Crippen LogP contribution is -2.38. The monoisotopic (exact) mass is 466 g/mol. The lowest BCUT2D eigenvalue weighted by Gasteiger charge is -2.13. The molecule has 0 spiro atoms. The van der Waals surface area contributed by atoms with Crippen molar-refractivity contribution < 1.29 is 9.13 Å². The van der Waals surface area contributed by atoms with Crippen LogP contribution in [0.3, 0.4) is 0 Å². The highest BCUT2D eigenvalue weighted by molar-refractivity contribution is 14.0. The summed E-state index contributed by atoms with van der Waals surface area (Å²) in [4.78, 5) is 6.52. The predicted octanol–water partition coefficient (Wildman–Crippen LogP) is 2.99. The molecule has 5 nitrogen and oxygen atoms in total. The molecule has 0 saturated heterocycles. The number of nitrogens with zero attached hydrogens (tertiary/aromatic N) is 2. The van der Waals surface area contributed by atoms with Crippen LogP contribution in [0.15, 0.2) is 23.2 Å². The topological polar surface area (TPSA) is 48.9 Å². The predicted molar refractivity (Wildman–Crippen MR) is 113 cm³/mol. The van der Waals surface area contributed by atoms with Crippen molar-refractivity contribution in [2.24, 2.45) is 4.99 Å². The third kappa shape index (κ3) is 10.6. The second-order valence-corrected chi connectivity index (χ2v) is 5.84. The largest absolute Gasteiger partial charge is 0.382 e. The fraction of sp³-hybridized carbons (Fsp3) is 0.611. The third-order valence-corrected chi connectivity index (χ3v) is 3.32. The van der Waals surface area contributed by atoms with Gasteiger partial charge in [0.2, 0.25) is 0 Å². The SMILES string of the molecule is CCNC(=NCc1ccc(F)c(CN(C)C)c1)NCCCOCC.I. The smallest absolute Gasteiger partial charge is 0.191 e. The molecule has 1 aromatic carbocycles. The van der Waals surface area contributed by atoms with Crippen molar-refractivity contribution in [3.05, 3.63) is 35.1 Å². The lowest BCUT2D eigenvalue weighted by molar-refractivity contribution is 0.145. The molecule has 0 fully saturated rings. The van der Waals surface area contributed by atoms with Gasteiger partial charge in [-0.25, -0.2) is 9.38 Å². The van der Waals surface area contributed by atoms with Crippen LogP contribution in [-0.2, 0) is 17.8 Å². The Morgan fingerprint density at radius 3 is 2.64 bits per heavy atom. The molecule has 0 radical (unpaired) electrons. The molecule has 1 aromatic rings. The summed E-state index contributed by atoms with van der Waals surface area (Å²) in [6.07, 6.45) is 0.932. The van der Waals surface area contributed by atoms with Crippen LogP contribution in [0.5, 0.6) is 0 Å². The van der Waals surface area contributed by atoms with E-state index in [1.54, 1.807) is 6.07 Å². The number of nitrogens with one attached hydrogen (secondary N) is 2. The van der Waals surface area contributed by atoms with Crippen LogP contribution >= 0.6 is 24.0 Å². The Balaban J connectivity index is 0.00000576. The van der Waals surface area contributed by atoms with Gasteiger partial charge >= 0.3 is 0 Å². The van der Waals surface area contributed by atoms with Gasteiger partial charge in [0.1, 0.15) is 5.82 Å². The molecule has 0 atom stereocenters. The molecule has 0 bridgehead atoms. The third-order valence-electron chi connectivity index (χ3n) is 3.32. The van der Waals surface area contributed by atoms with Gasteiger partial charge < -0.3 is 20.3 Å². The quantitative estimate of drug-likeness (QED) is 0.241.